The Morgan fingerprint density at radius 1 is 0.735 bits per heavy atom. The molecular formula is C31H19N3. The molecule has 0 unspecified atom stereocenters. The highest BCUT2D eigenvalue weighted by Gasteiger charge is 2.26. The van der Waals surface area contributed by atoms with Gasteiger partial charge in [0, 0.05) is 22.7 Å². The van der Waals surface area contributed by atoms with E-state index in [2.05, 4.69) is 47.3 Å². The molecule has 2 aliphatic carbocycles. The molecule has 158 valence electrons. The average molecular weight is 434 g/mol. The van der Waals surface area contributed by atoms with Crippen LogP contribution in [-0.4, -0.2) is 4.98 Å². The van der Waals surface area contributed by atoms with Crippen LogP contribution >= 0.6 is 0 Å². The third-order valence-electron chi connectivity index (χ3n) is 7.49. The van der Waals surface area contributed by atoms with Gasteiger partial charge in [-0.25, -0.2) is 4.85 Å². The van der Waals surface area contributed by atoms with Crippen LogP contribution < -0.4 is 0 Å². The molecule has 0 spiro atoms. The number of nitriles is 1. The predicted octanol–water partition coefficient (Wildman–Crippen LogP) is 7.34. The van der Waals surface area contributed by atoms with Gasteiger partial charge in [-0.05, 0) is 106 Å². The summed E-state index contributed by atoms with van der Waals surface area (Å²) in [6, 6.07) is 23.3. The molecule has 0 bridgehead atoms. The topological polar surface area (TPSA) is 41.0 Å². The molecular weight excluding hydrogens is 414 g/mol. The van der Waals surface area contributed by atoms with Crippen LogP contribution in [0.3, 0.4) is 0 Å². The van der Waals surface area contributed by atoms with Crippen molar-refractivity contribution in [1.82, 2.24) is 4.98 Å². The fourth-order valence-electron chi connectivity index (χ4n) is 6.02. The molecule has 0 amide bonds. The van der Waals surface area contributed by atoms with Crippen LogP contribution in [0.25, 0.3) is 48.8 Å². The fraction of sp³-hybridized carbons (Fsp3) is 0.129. The summed E-state index contributed by atoms with van der Waals surface area (Å²) < 4.78 is 0. The molecule has 2 aliphatic rings. The van der Waals surface area contributed by atoms with Crippen molar-refractivity contribution in [2.75, 3.05) is 0 Å². The molecule has 3 heteroatoms. The Bertz CT molecular complexity index is 1730. The number of hydrogen-bond donors (Lipinski definition) is 0. The second kappa shape index (κ2) is 7.01. The largest absolute Gasteiger partial charge is 0.256 e. The Kier molecular flexibility index (Phi) is 3.93. The Balaban J connectivity index is 1.49. The monoisotopic (exact) mass is 433 g/mol. The van der Waals surface area contributed by atoms with Crippen molar-refractivity contribution in [3.8, 4) is 28.5 Å². The summed E-state index contributed by atoms with van der Waals surface area (Å²) in [4.78, 5) is 8.50. The van der Waals surface area contributed by atoms with Gasteiger partial charge in [0.25, 0.3) is 0 Å². The van der Waals surface area contributed by atoms with E-state index >= 15 is 0 Å². The van der Waals surface area contributed by atoms with E-state index in [1.54, 1.807) is 6.07 Å². The standard InChI is InChI=1S/C31H19N3/c1-33-28-14-18(17-32)13-27-24-11-12-34-31(26(24)10-9-25(27)28)23-15-21-7-5-19-3-2-4-20-6-8-22(16-23)30(21)29(19)20/h2-4,9-16H,5-8H2. The summed E-state index contributed by atoms with van der Waals surface area (Å²) in [5.41, 5.74) is 11.9. The first kappa shape index (κ1) is 19.0. The van der Waals surface area contributed by atoms with Crippen molar-refractivity contribution in [3.05, 3.63) is 106 Å². The van der Waals surface area contributed by atoms with Crippen LogP contribution in [0.15, 0.2) is 66.9 Å². The van der Waals surface area contributed by atoms with Gasteiger partial charge in [-0.2, -0.15) is 5.26 Å². The molecule has 7 rings (SSSR count). The summed E-state index contributed by atoms with van der Waals surface area (Å²) in [7, 11) is 0. The lowest BCUT2D eigenvalue weighted by atomic mass is 9.74. The number of rotatable bonds is 1. The second-order valence-corrected chi connectivity index (χ2v) is 9.26. The van der Waals surface area contributed by atoms with Crippen molar-refractivity contribution in [2.24, 2.45) is 0 Å². The first-order chi connectivity index (χ1) is 16.7. The Morgan fingerprint density at radius 3 is 2.12 bits per heavy atom. The van der Waals surface area contributed by atoms with Gasteiger partial charge in [-0.15, -0.1) is 0 Å². The number of benzene rings is 4. The average Bonchev–Trinajstić information content (AvgIpc) is 2.90. The van der Waals surface area contributed by atoms with Gasteiger partial charge in [0.05, 0.1) is 18.3 Å². The zero-order valence-electron chi connectivity index (χ0n) is 18.5. The van der Waals surface area contributed by atoms with Gasteiger partial charge in [0.1, 0.15) is 0 Å². The molecule has 34 heavy (non-hydrogen) atoms. The number of aromatic nitrogens is 1. The van der Waals surface area contributed by atoms with E-state index < -0.39 is 0 Å². The summed E-state index contributed by atoms with van der Waals surface area (Å²) in [6.07, 6.45) is 6.14. The van der Waals surface area contributed by atoms with E-state index in [1.165, 1.54) is 33.4 Å². The van der Waals surface area contributed by atoms with Crippen LogP contribution in [0.4, 0.5) is 5.69 Å². The van der Waals surface area contributed by atoms with Gasteiger partial charge < -0.3 is 0 Å². The summed E-state index contributed by atoms with van der Waals surface area (Å²) in [5.74, 6) is 0. The van der Waals surface area contributed by atoms with E-state index in [0.29, 0.717) is 11.3 Å². The number of hydrogen-bond acceptors (Lipinski definition) is 2. The van der Waals surface area contributed by atoms with Crippen LogP contribution in [0, 0.1) is 17.9 Å². The van der Waals surface area contributed by atoms with E-state index in [0.717, 1.165) is 58.5 Å². The SMILES string of the molecule is [C-]#[N+]c1cc(C#N)cc2c1ccc1c(-c3cc4c5c(c3)CCc3cccc(c3-5)CC4)nccc12. The third kappa shape index (κ3) is 2.59. The first-order valence-electron chi connectivity index (χ1n) is 11.7. The van der Waals surface area contributed by atoms with Crippen molar-refractivity contribution in [3.63, 3.8) is 0 Å². The molecule has 1 aromatic heterocycles. The minimum atomic E-state index is 0.511. The molecule has 0 aliphatic heterocycles. The van der Waals surface area contributed by atoms with Crippen LogP contribution in [0.1, 0.15) is 27.8 Å². The number of nitrogens with zero attached hydrogens (tertiary/aromatic N) is 3. The molecule has 0 radical (unpaired) electrons. The van der Waals surface area contributed by atoms with Crippen molar-refractivity contribution >= 4 is 27.2 Å². The van der Waals surface area contributed by atoms with Gasteiger partial charge in [-0.3, -0.25) is 4.98 Å². The Morgan fingerprint density at radius 2 is 1.41 bits per heavy atom. The number of aryl methyl sites for hydroxylation is 4. The molecule has 0 atom stereocenters. The molecule has 0 fully saturated rings. The molecule has 1 heterocycles. The maximum atomic E-state index is 9.50. The zero-order chi connectivity index (χ0) is 22.8. The molecule has 5 aromatic rings. The Hall–Kier alpha value is -4.47. The van der Waals surface area contributed by atoms with Crippen LogP contribution in [0.2, 0.25) is 0 Å². The van der Waals surface area contributed by atoms with E-state index in [9.17, 15) is 5.26 Å². The predicted molar refractivity (Wildman–Crippen MR) is 136 cm³/mol. The lowest BCUT2D eigenvalue weighted by molar-refractivity contribution is 0.877. The highest BCUT2D eigenvalue weighted by atomic mass is 14.7. The van der Waals surface area contributed by atoms with Crippen LogP contribution in [-0.2, 0) is 25.7 Å². The first-order valence-corrected chi connectivity index (χ1v) is 11.7. The third-order valence-corrected chi connectivity index (χ3v) is 7.49. The van der Waals surface area contributed by atoms with Gasteiger partial charge in [-0.1, -0.05) is 30.3 Å². The Labute approximate surface area is 197 Å². The van der Waals surface area contributed by atoms with Crippen LogP contribution in [0.5, 0.6) is 0 Å². The molecule has 0 N–H and O–H groups in total. The summed E-state index contributed by atoms with van der Waals surface area (Å²) in [6.45, 7) is 7.58. The highest BCUT2D eigenvalue weighted by molar-refractivity contribution is 6.14. The van der Waals surface area contributed by atoms with Crippen molar-refractivity contribution in [1.29, 1.82) is 5.26 Å². The zero-order valence-corrected chi connectivity index (χ0v) is 18.5. The molecule has 4 aromatic carbocycles. The lowest BCUT2D eigenvalue weighted by Gasteiger charge is -2.30. The maximum absolute atomic E-state index is 9.50. The minimum Gasteiger partial charge on any atom is -0.256 e. The molecule has 3 nitrogen and oxygen atoms in total. The summed E-state index contributed by atoms with van der Waals surface area (Å²) in [5, 5.41) is 13.4. The van der Waals surface area contributed by atoms with E-state index in [1.807, 2.05) is 24.4 Å². The van der Waals surface area contributed by atoms with E-state index in [4.69, 9.17) is 11.6 Å². The molecule has 0 saturated carbocycles. The van der Waals surface area contributed by atoms with Gasteiger partial charge >= 0.3 is 0 Å². The number of fused-ring (bicyclic) bond motifs is 3. The van der Waals surface area contributed by atoms with Gasteiger partial charge in [0.15, 0.2) is 5.69 Å². The maximum Gasteiger partial charge on any atom is 0.196 e. The number of pyridine rings is 1. The quantitative estimate of drug-likeness (QED) is 0.205. The normalized spacial score (nSPS) is 13.4. The minimum absolute atomic E-state index is 0.511. The fourth-order valence-corrected chi connectivity index (χ4v) is 6.02. The van der Waals surface area contributed by atoms with Gasteiger partial charge in [0.2, 0.25) is 0 Å². The highest BCUT2D eigenvalue weighted by Crippen LogP contribution is 2.45. The van der Waals surface area contributed by atoms with Crippen molar-refractivity contribution in [2.45, 2.75) is 25.7 Å². The summed E-state index contributed by atoms with van der Waals surface area (Å²) >= 11 is 0. The van der Waals surface area contributed by atoms with E-state index in [-0.39, 0.29) is 0 Å². The smallest absolute Gasteiger partial charge is 0.196 e. The van der Waals surface area contributed by atoms with Crippen molar-refractivity contribution < 1.29 is 0 Å². The molecule has 0 saturated heterocycles. The second-order valence-electron chi connectivity index (χ2n) is 9.26. The lowest BCUT2D eigenvalue weighted by Crippen LogP contribution is -2.14.